The fraction of sp³-hybridized carbons (Fsp3) is 0. The molecule has 0 aliphatic rings. The van der Waals surface area contributed by atoms with Crippen molar-refractivity contribution in [3.63, 3.8) is 0 Å². The fourth-order valence-electron chi connectivity index (χ4n) is 0.846. The summed E-state index contributed by atoms with van der Waals surface area (Å²) in [5.74, 6) is 0. The molecule has 1 heteroatoms. The molecule has 2 aromatic carbocycles. The van der Waals surface area contributed by atoms with Crippen molar-refractivity contribution in [2.24, 2.45) is 0 Å². The van der Waals surface area contributed by atoms with Crippen molar-refractivity contribution < 1.29 is 16.5 Å². The smallest absolute Gasteiger partial charge is 0.214 e. The molecule has 70 valence electrons. The van der Waals surface area contributed by atoms with Gasteiger partial charge >= 0.3 is 16.5 Å². The van der Waals surface area contributed by atoms with Crippen LogP contribution in [0.1, 0.15) is 5.56 Å². The van der Waals surface area contributed by atoms with Gasteiger partial charge in [0.25, 0.3) is 0 Å². The normalized spacial score (nSPS) is 7.69. The molecule has 0 atom stereocenters. The van der Waals surface area contributed by atoms with Crippen LogP contribution >= 0.6 is 0 Å². The van der Waals surface area contributed by atoms with E-state index in [9.17, 15) is 0 Å². The van der Waals surface area contributed by atoms with Crippen molar-refractivity contribution in [1.29, 1.82) is 0 Å². The first kappa shape index (κ1) is 11.9. The quantitative estimate of drug-likeness (QED) is 0.504. The van der Waals surface area contributed by atoms with Crippen LogP contribution in [-0.4, -0.2) is 0 Å². The summed E-state index contributed by atoms with van der Waals surface area (Å²) in [6, 6.07) is 18.0. The topological polar surface area (TPSA) is 0 Å². The summed E-state index contributed by atoms with van der Waals surface area (Å²) >= 11 is 0. The minimum absolute atomic E-state index is 0. The Balaban J connectivity index is 0.000000215. The molecule has 0 saturated carbocycles. The van der Waals surface area contributed by atoms with Gasteiger partial charge in [0, 0.05) is 0 Å². The van der Waals surface area contributed by atoms with Crippen LogP contribution < -0.4 is 0 Å². The van der Waals surface area contributed by atoms with Gasteiger partial charge in [-0.3, -0.25) is 0 Å². The van der Waals surface area contributed by atoms with Gasteiger partial charge in [0.2, 0.25) is 0 Å². The van der Waals surface area contributed by atoms with Gasteiger partial charge in [-0.15, -0.1) is 18.7 Å². The van der Waals surface area contributed by atoms with Gasteiger partial charge in [-0.1, -0.05) is 0 Å². The summed E-state index contributed by atoms with van der Waals surface area (Å²) in [5, 5.41) is 0. The van der Waals surface area contributed by atoms with Crippen molar-refractivity contribution in [2.75, 3.05) is 0 Å². The molecule has 2 aromatic rings. The second kappa shape index (κ2) is 7.58. The van der Waals surface area contributed by atoms with E-state index in [-0.39, 0.29) is 16.5 Å². The van der Waals surface area contributed by atoms with Crippen LogP contribution in [0.4, 0.5) is 0 Å². The minimum Gasteiger partial charge on any atom is -0.214 e. The third kappa shape index (κ3) is 5.22. The second-order valence-electron chi connectivity index (χ2n) is 2.38. The average molecular weight is 215 g/mol. The third-order valence-electron chi connectivity index (χ3n) is 1.48. The molecule has 0 fully saturated rings. The molecule has 0 radical (unpaired) electrons. The zero-order chi connectivity index (χ0) is 8.65. The van der Waals surface area contributed by atoms with E-state index in [2.05, 4.69) is 6.58 Å². The maximum absolute atomic E-state index is 3.60. The standard InChI is InChI=1S/C7H7.C5H5.Ni/c1-2-7-5-3-4-6-7;1-2-4-5-3-1;/h2-6H,1H2;1-5H;/q2*-1;+2. The summed E-state index contributed by atoms with van der Waals surface area (Å²) in [7, 11) is 0. The molecule has 0 bridgehead atoms. The van der Waals surface area contributed by atoms with E-state index in [0.29, 0.717) is 0 Å². The predicted molar refractivity (Wildman–Crippen MR) is 54.2 cm³/mol. The van der Waals surface area contributed by atoms with Crippen molar-refractivity contribution in [3.8, 4) is 0 Å². The molecule has 0 heterocycles. The molecule has 0 N–H and O–H groups in total. The van der Waals surface area contributed by atoms with E-state index in [1.807, 2.05) is 60.7 Å². The van der Waals surface area contributed by atoms with Crippen LogP contribution in [0.3, 0.4) is 0 Å². The molecule has 0 aliphatic carbocycles. The van der Waals surface area contributed by atoms with Gasteiger partial charge in [0.05, 0.1) is 0 Å². The Bertz CT molecular complexity index is 260. The molecular formula is C12H12Ni. The van der Waals surface area contributed by atoms with Crippen LogP contribution in [0.2, 0.25) is 0 Å². The molecule has 13 heavy (non-hydrogen) atoms. The van der Waals surface area contributed by atoms with Gasteiger partial charge in [0.1, 0.15) is 0 Å². The van der Waals surface area contributed by atoms with Crippen LogP contribution in [-0.2, 0) is 16.5 Å². The fourth-order valence-corrected chi connectivity index (χ4v) is 0.846. The summed E-state index contributed by atoms with van der Waals surface area (Å²) in [6.45, 7) is 3.60. The summed E-state index contributed by atoms with van der Waals surface area (Å²) in [5.41, 5.74) is 1.19. The molecule has 0 nitrogen and oxygen atoms in total. The van der Waals surface area contributed by atoms with Gasteiger partial charge in [-0.2, -0.15) is 42.0 Å². The van der Waals surface area contributed by atoms with E-state index >= 15 is 0 Å². The summed E-state index contributed by atoms with van der Waals surface area (Å²) in [6.07, 6.45) is 1.83. The predicted octanol–water partition coefficient (Wildman–Crippen LogP) is 3.45. The second-order valence-corrected chi connectivity index (χ2v) is 2.38. The minimum atomic E-state index is 0. The monoisotopic (exact) mass is 214 g/mol. The van der Waals surface area contributed by atoms with Gasteiger partial charge in [0.15, 0.2) is 0 Å². The van der Waals surface area contributed by atoms with Crippen LogP contribution in [0.5, 0.6) is 0 Å². The first-order chi connectivity index (χ1) is 5.93. The van der Waals surface area contributed by atoms with Gasteiger partial charge < -0.3 is 0 Å². The number of hydrogen-bond donors (Lipinski definition) is 0. The molecule has 0 amide bonds. The van der Waals surface area contributed by atoms with Gasteiger partial charge in [-0.25, -0.2) is 12.1 Å². The van der Waals surface area contributed by atoms with Crippen LogP contribution in [0.15, 0.2) is 61.2 Å². The van der Waals surface area contributed by atoms with E-state index in [1.54, 1.807) is 0 Å². The van der Waals surface area contributed by atoms with Crippen molar-refractivity contribution >= 4 is 6.08 Å². The third-order valence-corrected chi connectivity index (χ3v) is 1.48. The first-order valence-electron chi connectivity index (χ1n) is 3.94. The van der Waals surface area contributed by atoms with Crippen molar-refractivity contribution in [1.82, 2.24) is 0 Å². The van der Waals surface area contributed by atoms with Crippen LogP contribution in [0.25, 0.3) is 6.08 Å². The first-order valence-corrected chi connectivity index (χ1v) is 3.94. The van der Waals surface area contributed by atoms with Crippen LogP contribution in [0, 0.1) is 0 Å². The Morgan fingerprint density at radius 2 is 1.77 bits per heavy atom. The maximum Gasteiger partial charge on any atom is 2.00 e. The van der Waals surface area contributed by atoms with E-state index in [1.165, 1.54) is 5.56 Å². The molecule has 0 spiro atoms. The summed E-state index contributed by atoms with van der Waals surface area (Å²) in [4.78, 5) is 0. The van der Waals surface area contributed by atoms with E-state index in [0.717, 1.165) is 0 Å². The SMILES string of the molecule is C=Cc1ccc[cH-]1.[Ni+2].c1cc[cH-]c1. The molecule has 0 unspecified atom stereocenters. The molecule has 0 aliphatic heterocycles. The summed E-state index contributed by atoms with van der Waals surface area (Å²) < 4.78 is 0. The Hall–Kier alpha value is -1.07. The number of hydrogen-bond acceptors (Lipinski definition) is 0. The Kier molecular flexibility index (Phi) is 6.95. The average Bonchev–Trinajstić information content (AvgIpc) is 2.81. The van der Waals surface area contributed by atoms with Crippen molar-refractivity contribution in [2.45, 2.75) is 0 Å². The Labute approximate surface area is 89.6 Å². The Morgan fingerprint density at radius 1 is 1.08 bits per heavy atom. The van der Waals surface area contributed by atoms with E-state index in [4.69, 9.17) is 0 Å². The maximum atomic E-state index is 3.60. The van der Waals surface area contributed by atoms with E-state index < -0.39 is 0 Å². The number of rotatable bonds is 1. The largest absolute Gasteiger partial charge is 2.00 e. The zero-order valence-electron chi connectivity index (χ0n) is 7.30. The molecule has 0 aromatic heterocycles. The molecule has 0 saturated heterocycles. The van der Waals surface area contributed by atoms with Crippen molar-refractivity contribution in [3.05, 3.63) is 66.7 Å². The molecular weight excluding hydrogens is 203 g/mol. The van der Waals surface area contributed by atoms with Gasteiger partial charge in [-0.05, 0) is 0 Å². The zero-order valence-corrected chi connectivity index (χ0v) is 8.28. The molecule has 2 rings (SSSR count). The Morgan fingerprint density at radius 3 is 2.00 bits per heavy atom.